The highest BCUT2D eigenvalue weighted by Crippen LogP contribution is 2.08. The van der Waals surface area contributed by atoms with Gasteiger partial charge in [-0.1, -0.05) is 12.1 Å². The van der Waals surface area contributed by atoms with Crippen LogP contribution in [0.5, 0.6) is 0 Å². The van der Waals surface area contributed by atoms with E-state index in [0.717, 1.165) is 43.9 Å². The topological polar surface area (TPSA) is 49.6 Å². The largest absolute Gasteiger partial charge is 0.399 e. The molecular formula is C15H21N3O. The number of hydrogen-bond donors (Lipinski definition) is 1. The summed E-state index contributed by atoms with van der Waals surface area (Å²) in [6.45, 7) is 3.66. The van der Waals surface area contributed by atoms with Crippen LogP contribution in [0.4, 0.5) is 5.69 Å². The number of nitrogens with two attached hydrogens (primary N) is 1. The maximum atomic E-state index is 12.1. The van der Waals surface area contributed by atoms with E-state index in [0.29, 0.717) is 0 Å². The standard InChI is InChI=1S/C15H21N3O/c1-17-9-2-10-18(12-11-17)15(19)8-5-13-3-6-14(16)7-4-13/h3-8H,2,9-12,16H2,1H3/b8-5+. The molecule has 0 aromatic heterocycles. The van der Waals surface area contributed by atoms with Crippen LogP contribution in [-0.4, -0.2) is 48.9 Å². The summed E-state index contributed by atoms with van der Waals surface area (Å²) < 4.78 is 0. The molecule has 0 radical (unpaired) electrons. The monoisotopic (exact) mass is 259 g/mol. The summed E-state index contributed by atoms with van der Waals surface area (Å²) in [5, 5.41) is 0. The molecule has 19 heavy (non-hydrogen) atoms. The van der Waals surface area contributed by atoms with Crippen molar-refractivity contribution in [3.05, 3.63) is 35.9 Å². The number of nitrogen functional groups attached to an aromatic ring is 1. The first-order chi connectivity index (χ1) is 9.15. The molecule has 0 saturated carbocycles. The minimum absolute atomic E-state index is 0.0899. The molecule has 1 heterocycles. The molecule has 4 heteroatoms. The SMILES string of the molecule is CN1CCCN(C(=O)/C=C/c2ccc(N)cc2)CC1. The van der Waals surface area contributed by atoms with Gasteiger partial charge in [-0.3, -0.25) is 4.79 Å². The predicted octanol–water partition coefficient (Wildman–Crippen LogP) is 1.45. The van der Waals surface area contributed by atoms with Gasteiger partial charge in [0.1, 0.15) is 0 Å². The molecule has 1 aromatic rings. The molecule has 2 rings (SSSR count). The van der Waals surface area contributed by atoms with Gasteiger partial charge in [-0.15, -0.1) is 0 Å². The molecule has 1 aromatic carbocycles. The quantitative estimate of drug-likeness (QED) is 0.646. The first kappa shape index (κ1) is 13.6. The fourth-order valence-corrected chi connectivity index (χ4v) is 2.15. The van der Waals surface area contributed by atoms with Crippen molar-refractivity contribution >= 4 is 17.7 Å². The molecule has 2 N–H and O–H groups in total. The molecule has 0 aliphatic carbocycles. The van der Waals surface area contributed by atoms with Gasteiger partial charge >= 0.3 is 0 Å². The highest BCUT2D eigenvalue weighted by Gasteiger charge is 2.14. The van der Waals surface area contributed by atoms with E-state index in [4.69, 9.17) is 5.73 Å². The van der Waals surface area contributed by atoms with Crippen LogP contribution in [-0.2, 0) is 4.79 Å². The summed E-state index contributed by atoms with van der Waals surface area (Å²) in [5.74, 6) is 0.0899. The van der Waals surface area contributed by atoms with E-state index in [9.17, 15) is 4.79 Å². The normalized spacial score (nSPS) is 17.6. The van der Waals surface area contributed by atoms with Crippen LogP contribution >= 0.6 is 0 Å². The Bertz CT molecular complexity index is 453. The average molecular weight is 259 g/mol. The average Bonchev–Trinajstić information content (AvgIpc) is 2.63. The van der Waals surface area contributed by atoms with Crippen LogP contribution in [0.15, 0.2) is 30.3 Å². The summed E-state index contributed by atoms with van der Waals surface area (Å²) in [6, 6.07) is 7.50. The molecule has 1 aliphatic heterocycles. The van der Waals surface area contributed by atoms with Crippen molar-refractivity contribution in [2.45, 2.75) is 6.42 Å². The molecule has 1 fully saturated rings. The maximum Gasteiger partial charge on any atom is 0.246 e. The van der Waals surface area contributed by atoms with Crippen molar-refractivity contribution in [3.63, 3.8) is 0 Å². The van der Waals surface area contributed by atoms with Crippen LogP contribution in [0.1, 0.15) is 12.0 Å². The molecule has 1 aliphatic rings. The number of rotatable bonds is 2. The van der Waals surface area contributed by atoms with Crippen molar-refractivity contribution in [1.29, 1.82) is 0 Å². The minimum atomic E-state index is 0.0899. The molecule has 0 unspecified atom stereocenters. The van der Waals surface area contributed by atoms with Gasteiger partial charge in [0.2, 0.25) is 5.91 Å². The third-order valence-electron chi connectivity index (χ3n) is 3.39. The van der Waals surface area contributed by atoms with E-state index < -0.39 is 0 Å². The van der Waals surface area contributed by atoms with Crippen molar-refractivity contribution in [2.75, 3.05) is 39.0 Å². The number of carbonyl (C=O) groups excluding carboxylic acids is 1. The molecule has 1 amide bonds. The van der Waals surface area contributed by atoms with Crippen LogP contribution in [0.25, 0.3) is 6.08 Å². The molecule has 102 valence electrons. The Morgan fingerprint density at radius 2 is 1.89 bits per heavy atom. The Balaban J connectivity index is 1.94. The number of nitrogens with zero attached hydrogens (tertiary/aromatic N) is 2. The van der Waals surface area contributed by atoms with Gasteiger partial charge in [-0.2, -0.15) is 0 Å². The summed E-state index contributed by atoms with van der Waals surface area (Å²) >= 11 is 0. The van der Waals surface area contributed by atoms with Crippen molar-refractivity contribution in [3.8, 4) is 0 Å². The van der Waals surface area contributed by atoms with E-state index in [-0.39, 0.29) is 5.91 Å². The van der Waals surface area contributed by atoms with Crippen molar-refractivity contribution in [1.82, 2.24) is 9.80 Å². The second-order valence-electron chi connectivity index (χ2n) is 4.98. The Hall–Kier alpha value is -1.81. The first-order valence-electron chi connectivity index (χ1n) is 6.66. The van der Waals surface area contributed by atoms with Crippen molar-refractivity contribution < 1.29 is 4.79 Å². The summed E-state index contributed by atoms with van der Waals surface area (Å²) in [4.78, 5) is 16.3. The van der Waals surface area contributed by atoms with E-state index >= 15 is 0 Å². The highest BCUT2D eigenvalue weighted by atomic mass is 16.2. The lowest BCUT2D eigenvalue weighted by atomic mass is 10.2. The Labute approximate surface area is 114 Å². The lowest BCUT2D eigenvalue weighted by Crippen LogP contribution is -2.33. The van der Waals surface area contributed by atoms with Gasteiger partial charge in [-0.25, -0.2) is 0 Å². The highest BCUT2D eigenvalue weighted by molar-refractivity contribution is 5.91. The number of likely N-dealkylation sites (N-methyl/N-ethyl adjacent to an activating group) is 1. The number of anilines is 1. The van der Waals surface area contributed by atoms with Gasteiger partial charge < -0.3 is 15.5 Å². The molecule has 4 nitrogen and oxygen atoms in total. The number of benzene rings is 1. The number of amides is 1. The molecule has 0 atom stereocenters. The summed E-state index contributed by atoms with van der Waals surface area (Å²) in [5.41, 5.74) is 7.36. The lowest BCUT2D eigenvalue weighted by Gasteiger charge is -2.18. The van der Waals surface area contributed by atoms with Crippen molar-refractivity contribution in [2.24, 2.45) is 0 Å². The summed E-state index contributed by atoms with van der Waals surface area (Å²) in [7, 11) is 2.10. The first-order valence-corrected chi connectivity index (χ1v) is 6.66. The zero-order valence-electron chi connectivity index (χ0n) is 11.4. The Kier molecular flexibility index (Phi) is 4.58. The second kappa shape index (κ2) is 6.38. The maximum absolute atomic E-state index is 12.1. The van der Waals surface area contributed by atoms with Crippen LogP contribution in [0.3, 0.4) is 0 Å². The summed E-state index contributed by atoms with van der Waals surface area (Å²) in [6.07, 6.45) is 4.53. The molecule has 0 spiro atoms. The van der Waals surface area contributed by atoms with Crippen LogP contribution < -0.4 is 5.73 Å². The predicted molar refractivity (Wildman–Crippen MR) is 78.6 cm³/mol. The van der Waals surface area contributed by atoms with Gasteiger partial charge in [-0.05, 0) is 43.8 Å². The smallest absolute Gasteiger partial charge is 0.246 e. The third-order valence-corrected chi connectivity index (χ3v) is 3.39. The fraction of sp³-hybridized carbons (Fsp3) is 0.400. The Morgan fingerprint density at radius 3 is 2.63 bits per heavy atom. The van der Waals surface area contributed by atoms with E-state index in [1.165, 1.54) is 0 Å². The van der Waals surface area contributed by atoms with E-state index in [1.54, 1.807) is 6.08 Å². The third kappa shape index (κ3) is 4.10. The van der Waals surface area contributed by atoms with E-state index in [2.05, 4.69) is 11.9 Å². The van der Waals surface area contributed by atoms with Crippen LogP contribution in [0.2, 0.25) is 0 Å². The second-order valence-corrected chi connectivity index (χ2v) is 4.98. The van der Waals surface area contributed by atoms with Crippen LogP contribution in [0, 0.1) is 0 Å². The van der Waals surface area contributed by atoms with Gasteiger partial charge in [0.25, 0.3) is 0 Å². The molecule has 0 bridgehead atoms. The number of hydrogen-bond acceptors (Lipinski definition) is 3. The van der Waals surface area contributed by atoms with Gasteiger partial charge in [0, 0.05) is 31.4 Å². The van der Waals surface area contributed by atoms with E-state index in [1.807, 2.05) is 35.2 Å². The lowest BCUT2D eigenvalue weighted by molar-refractivity contribution is -0.125. The van der Waals surface area contributed by atoms with Gasteiger partial charge in [0.15, 0.2) is 0 Å². The Morgan fingerprint density at radius 1 is 1.16 bits per heavy atom. The minimum Gasteiger partial charge on any atom is -0.399 e. The number of carbonyl (C=O) groups is 1. The molecular weight excluding hydrogens is 238 g/mol. The fourth-order valence-electron chi connectivity index (χ4n) is 2.15. The van der Waals surface area contributed by atoms with Gasteiger partial charge in [0.05, 0.1) is 0 Å². The zero-order chi connectivity index (χ0) is 13.7. The zero-order valence-corrected chi connectivity index (χ0v) is 11.4. The molecule has 1 saturated heterocycles.